The minimum atomic E-state index is 1.16. The molecule has 92 valence electrons. The molecule has 0 aliphatic rings. The van der Waals surface area contributed by atoms with Gasteiger partial charge in [0.15, 0.2) is 0 Å². The molecule has 0 aliphatic carbocycles. The van der Waals surface area contributed by atoms with E-state index in [1.807, 2.05) is 24.3 Å². The average Bonchev–Trinajstić information content (AvgIpc) is 2.54. The molecule has 4 rings (SSSR count). The van der Waals surface area contributed by atoms with Gasteiger partial charge in [-0.1, -0.05) is 60.7 Å². The standard InChI is InChI=1S/C20H12/c1-2-8-17-14-18(13-12-15(17)6-1)20-11-5-9-16-7-3-4-10-19(16)20/h2-6,8-14H. The maximum absolute atomic E-state index is 3.29. The van der Waals surface area contributed by atoms with Gasteiger partial charge in [0.25, 0.3) is 0 Å². The van der Waals surface area contributed by atoms with E-state index in [1.165, 1.54) is 27.3 Å². The molecule has 0 saturated heterocycles. The van der Waals surface area contributed by atoms with Crippen LogP contribution in [0.25, 0.3) is 32.7 Å². The van der Waals surface area contributed by atoms with Gasteiger partial charge in [-0.2, -0.15) is 0 Å². The maximum atomic E-state index is 3.29. The van der Waals surface area contributed by atoms with Crippen molar-refractivity contribution in [1.82, 2.24) is 0 Å². The second-order valence-corrected chi connectivity index (χ2v) is 4.92. The molecule has 0 saturated carbocycles. The highest BCUT2D eigenvalue weighted by atomic mass is 14.1. The molecule has 0 nitrogen and oxygen atoms in total. The number of rotatable bonds is 1. The number of hydrogen-bond acceptors (Lipinski definition) is 0. The summed E-state index contributed by atoms with van der Waals surface area (Å²) in [6.07, 6.45) is 0. The molecule has 0 N–H and O–H groups in total. The lowest BCUT2D eigenvalue weighted by molar-refractivity contribution is 1.67. The van der Waals surface area contributed by atoms with Crippen LogP contribution in [-0.4, -0.2) is 0 Å². The molecule has 0 heteroatoms. The van der Waals surface area contributed by atoms with Crippen LogP contribution in [0.15, 0.2) is 72.8 Å². The summed E-state index contributed by atoms with van der Waals surface area (Å²) in [5.74, 6) is 0. The van der Waals surface area contributed by atoms with Gasteiger partial charge in [0.1, 0.15) is 0 Å². The van der Waals surface area contributed by atoms with E-state index < -0.39 is 0 Å². The summed E-state index contributed by atoms with van der Waals surface area (Å²) in [6, 6.07) is 31.6. The fraction of sp³-hybridized carbons (Fsp3) is 0. The molecule has 0 unspecified atom stereocenters. The van der Waals surface area contributed by atoms with Gasteiger partial charge in [-0.3, -0.25) is 0 Å². The minimum absolute atomic E-state index is 1.16. The van der Waals surface area contributed by atoms with Crippen molar-refractivity contribution in [1.29, 1.82) is 0 Å². The Morgan fingerprint density at radius 1 is 0.750 bits per heavy atom. The van der Waals surface area contributed by atoms with Crippen molar-refractivity contribution in [3.8, 4) is 11.1 Å². The van der Waals surface area contributed by atoms with Gasteiger partial charge in [0, 0.05) is 0 Å². The number of benzene rings is 4. The highest BCUT2D eigenvalue weighted by Gasteiger charge is 2.04. The molecule has 0 aliphatic heterocycles. The molecule has 0 fully saturated rings. The van der Waals surface area contributed by atoms with Crippen LogP contribution in [0.5, 0.6) is 0 Å². The molecule has 0 atom stereocenters. The van der Waals surface area contributed by atoms with Crippen LogP contribution >= 0.6 is 0 Å². The summed E-state index contributed by atoms with van der Waals surface area (Å²) in [6.45, 7) is 0. The van der Waals surface area contributed by atoms with Crippen LogP contribution in [0.2, 0.25) is 0 Å². The Hall–Kier alpha value is -2.60. The molecule has 4 aromatic carbocycles. The van der Waals surface area contributed by atoms with Crippen molar-refractivity contribution in [2.75, 3.05) is 0 Å². The SMILES string of the molecule is [c]1ccc2cc(-c3cccc4[c]cccc34)ccc2c1. The highest BCUT2D eigenvalue weighted by molar-refractivity contribution is 5.98. The molecule has 0 heterocycles. The Labute approximate surface area is 118 Å². The van der Waals surface area contributed by atoms with Gasteiger partial charge in [-0.15, -0.1) is 0 Å². The predicted molar refractivity (Wildman–Crippen MR) is 84.6 cm³/mol. The molecule has 0 spiro atoms. The van der Waals surface area contributed by atoms with Crippen LogP contribution in [0.3, 0.4) is 0 Å². The molecule has 0 aromatic heterocycles. The van der Waals surface area contributed by atoms with Gasteiger partial charge in [0.2, 0.25) is 0 Å². The lowest BCUT2D eigenvalue weighted by Crippen LogP contribution is -1.82. The first-order valence-electron chi connectivity index (χ1n) is 6.71. The fourth-order valence-electron chi connectivity index (χ4n) is 2.70. The second-order valence-electron chi connectivity index (χ2n) is 4.92. The van der Waals surface area contributed by atoms with Crippen molar-refractivity contribution in [2.24, 2.45) is 0 Å². The van der Waals surface area contributed by atoms with E-state index in [9.17, 15) is 0 Å². The van der Waals surface area contributed by atoms with E-state index in [1.54, 1.807) is 0 Å². The zero-order chi connectivity index (χ0) is 13.4. The summed E-state index contributed by atoms with van der Waals surface area (Å²) in [5, 5.41) is 4.88. The Morgan fingerprint density at radius 3 is 2.75 bits per heavy atom. The third-order valence-corrected chi connectivity index (χ3v) is 3.70. The van der Waals surface area contributed by atoms with E-state index in [2.05, 4.69) is 60.7 Å². The molecular formula is C20H12. The smallest absolute Gasteiger partial charge is 0.00990 e. The van der Waals surface area contributed by atoms with E-state index in [-0.39, 0.29) is 0 Å². The Bertz CT molecular complexity index is 898. The van der Waals surface area contributed by atoms with Gasteiger partial charge in [-0.05, 0) is 56.9 Å². The van der Waals surface area contributed by atoms with Crippen molar-refractivity contribution in [3.05, 3.63) is 84.9 Å². The Kier molecular flexibility index (Phi) is 2.53. The lowest BCUT2D eigenvalue weighted by atomic mass is 9.96. The van der Waals surface area contributed by atoms with Crippen LogP contribution in [-0.2, 0) is 0 Å². The maximum Gasteiger partial charge on any atom is -0.00990 e. The Morgan fingerprint density at radius 2 is 1.75 bits per heavy atom. The second kappa shape index (κ2) is 4.50. The normalized spacial score (nSPS) is 11.0. The van der Waals surface area contributed by atoms with Crippen molar-refractivity contribution in [2.45, 2.75) is 0 Å². The summed E-state index contributed by atoms with van der Waals surface area (Å²) in [5.41, 5.74) is 2.50. The first kappa shape index (κ1) is 11.2. The predicted octanol–water partition coefficient (Wildman–Crippen LogP) is 5.26. The summed E-state index contributed by atoms with van der Waals surface area (Å²) in [4.78, 5) is 0. The zero-order valence-corrected chi connectivity index (χ0v) is 10.9. The Balaban J connectivity index is 2.01. The fourth-order valence-corrected chi connectivity index (χ4v) is 2.70. The summed E-state index contributed by atoms with van der Waals surface area (Å²) in [7, 11) is 0. The summed E-state index contributed by atoms with van der Waals surface area (Å²) >= 11 is 0. The largest absolute Gasteiger partial charge is 0.0610 e. The molecule has 0 bridgehead atoms. The quantitative estimate of drug-likeness (QED) is 0.433. The monoisotopic (exact) mass is 252 g/mol. The van der Waals surface area contributed by atoms with Gasteiger partial charge < -0.3 is 0 Å². The average molecular weight is 252 g/mol. The first-order valence-corrected chi connectivity index (χ1v) is 6.71. The van der Waals surface area contributed by atoms with Crippen molar-refractivity contribution >= 4 is 21.5 Å². The van der Waals surface area contributed by atoms with E-state index in [0.29, 0.717) is 0 Å². The van der Waals surface area contributed by atoms with E-state index in [0.717, 1.165) is 5.39 Å². The van der Waals surface area contributed by atoms with Crippen LogP contribution < -0.4 is 0 Å². The van der Waals surface area contributed by atoms with Crippen LogP contribution in [0.4, 0.5) is 0 Å². The number of fused-ring (bicyclic) bond motifs is 2. The van der Waals surface area contributed by atoms with Gasteiger partial charge >= 0.3 is 0 Å². The third kappa shape index (κ3) is 1.78. The van der Waals surface area contributed by atoms with Gasteiger partial charge in [-0.25, -0.2) is 0 Å². The van der Waals surface area contributed by atoms with E-state index in [4.69, 9.17) is 0 Å². The topological polar surface area (TPSA) is 0 Å². The van der Waals surface area contributed by atoms with E-state index >= 15 is 0 Å². The van der Waals surface area contributed by atoms with Crippen LogP contribution in [0.1, 0.15) is 0 Å². The minimum Gasteiger partial charge on any atom is -0.0610 e. The first-order chi connectivity index (χ1) is 9.92. The zero-order valence-electron chi connectivity index (χ0n) is 10.9. The summed E-state index contributed by atoms with van der Waals surface area (Å²) < 4.78 is 0. The molecule has 2 radical (unpaired) electrons. The highest BCUT2D eigenvalue weighted by Crippen LogP contribution is 2.30. The van der Waals surface area contributed by atoms with Gasteiger partial charge in [0.05, 0.1) is 0 Å². The van der Waals surface area contributed by atoms with Crippen LogP contribution in [0, 0.1) is 12.1 Å². The van der Waals surface area contributed by atoms with Crippen molar-refractivity contribution in [3.63, 3.8) is 0 Å². The lowest BCUT2D eigenvalue weighted by Gasteiger charge is -2.08. The molecule has 20 heavy (non-hydrogen) atoms. The van der Waals surface area contributed by atoms with Crippen molar-refractivity contribution < 1.29 is 0 Å². The molecule has 4 aromatic rings. The third-order valence-electron chi connectivity index (χ3n) is 3.70. The molecular weight excluding hydrogens is 240 g/mol. The number of hydrogen-bond donors (Lipinski definition) is 0. The molecule has 0 amide bonds.